The molecule has 0 bridgehead atoms. The number of halogens is 4. The maximum Gasteiger partial charge on any atom is 0.222 e. The van der Waals surface area contributed by atoms with Crippen LogP contribution in [0.1, 0.15) is 0 Å². The van der Waals surface area contributed by atoms with Crippen LogP contribution in [0.5, 0.6) is 23.0 Å². The highest BCUT2D eigenvalue weighted by Gasteiger charge is 2.11. The maximum atomic E-state index is 8.31. The summed E-state index contributed by atoms with van der Waals surface area (Å²) in [7, 11) is 1.62. The summed E-state index contributed by atoms with van der Waals surface area (Å²) in [5.74, 6) is 2.92. The molecular formula is C19H15I4N5O3. The number of nitrogens with zero attached hydrogens (tertiary/aromatic N) is 3. The highest BCUT2D eigenvalue weighted by atomic mass is 127. The van der Waals surface area contributed by atoms with Crippen molar-refractivity contribution < 1.29 is 14.2 Å². The van der Waals surface area contributed by atoms with E-state index in [2.05, 4.69) is 100 Å². The Morgan fingerprint density at radius 1 is 0.935 bits per heavy atom. The molecule has 0 amide bonds. The molecule has 0 radical (unpaired) electrons. The molecule has 12 heteroatoms. The van der Waals surface area contributed by atoms with Crippen LogP contribution in [-0.2, 0) is 0 Å². The molecule has 0 unspecified atom stereocenters. The largest absolute Gasteiger partial charge is 0.496 e. The van der Waals surface area contributed by atoms with Crippen LogP contribution in [0.3, 0.4) is 0 Å². The van der Waals surface area contributed by atoms with Crippen molar-refractivity contribution in [3.8, 4) is 29.1 Å². The van der Waals surface area contributed by atoms with Crippen molar-refractivity contribution in [2.75, 3.05) is 25.2 Å². The Morgan fingerprint density at radius 3 is 2.26 bits per heavy atom. The van der Waals surface area contributed by atoms with Gasteiger partial charge < -0.3 is 25.7 Å². The van der Waals surface area contributed by atoms with Crippen LogP contribution in [0.2, 0.25) is 0 Å². The van der Waals surface area contributed by atoms with Gasteiger partial charge in [0.25, 0.3) is 0 Å². The van der Waals surface area contributed by atoms with Gasteiger partial charge in [-0.3, -0.25) is 0 Å². The highest BCUT2D eigenvalue weighted by Crippen LogP contribution is 2.34. The normalized spacial score (nSPS) is 9.81. The van der Waals surface area contributed by atoms with Crippen LogP contribution in [0.4, 0.5) is 11.8 Å². The Balaban J connectivity index is 0.000000245. The monoisotopic (exact) mass is 869 g/mol. The molecule has 2 aromatic carbocycles. The molecular weight excluding hydrogens is 854 g/mol. The first-order valence-electron chi connectivity index (χ1n) is 8.28. The topological polar surface area (TPSA) is 129 Å². The Kier molecular flexibility index (Phi) is 10.8. The summed E-state index contributed by atoms with van der Waals surface area (Å²) in [4.78, 5) is 7.70. The summed E-state index contributed by atoms with van der Waals surface area (Å²) in [6, 6.07) is 11.6. The zero-order chi connectivity index (χ0) is 23.0. The summed E-state index contributed by atoms with van der Waals surface area (Å²) >= 11 is 8.71. The lowest BCUT2D eigenvalue weighted by Gasteiger charge is -2.11. The van der Waals surface area contributed by atoms with Crippen molar-refractivity contribution >= 4 is 102 Å². The third-order valence-corrected chi connectivity index (χ3v) is 6.66. The molecule has 8 nitrogen and oxygen atoms in total. The van der Waals surface area contributed by atoms with Crippen molar-refractivity contribution in [3.05, 3.63) is 50.8 Å². The first-order valence-corrected chi connectivity index (χ1v) is 12.6. The lowest BCUT2D eigenvalue weighted by molar-refractivity contribution is 0.365. The molecule has 4 N–H and O–H groups in total. The van der Waals surface area contributed by atoms with Gasteiger partial charge in [0, 0.05) is 3.57 Å². The number of anilines is 2. The Labute approximate surface area is 234 Å². The van der Waals surface area contributed by atoms with Crippen LogP contribution in [-0.4, -0.2) is 23.7 Å². The van der Waals surface area contributed by atoms with E-state index in [4.69, 9.17) is 30.9 Å². The predicted molar refractivity (Wildman–Crippen MR) is 152 cm³/mol. The van der Waals surface area contributed by atoms with Crippen LogP contribution < -0.4 is 25.7 Å². The second-order valence-corrected chi connectivity index (χ2v) is 10.3. The van der Waals surface area contributed by atoms with E-state index in [9.17, 15) is 0 Å². The SMILES string of the molecule is COc1cc(I)c(Oc2cnc(N)nc2N)cc1I.N#CCOc1cc(I)ccc1I. The van der Waals surface area contributed by atoms with Gasteiger partial charge in [-0.25, -0.2) is 4.98 Å². The number of hydrogen-bond acceptors (Lipinski definition) is 8. The second-order valence-electron chi connectivity index (χ2n) is 5.52. The van der Waals surface area contributed by atoms with Gasteiger partial charge in [0.15, 0.2) is 18.2 Å². The maximum absolute atomic E-state index is 8.31. The van der Waals surface area contributed by atoms with Crippen LogP contribution >= 0.6 is 90.4 Å². The molecule has 1 heterocycles. The predicted octanol–water partition coefficient (Wildman–Crippen LogP) is 5.45. The molecule has 0 saturated heterocycles. The molecule has 0 aliphatic rings. The molecule has 3 aromatic rings. The second kappa shape index (κ2) is 12.8. The number of nitrogen functional groups attached to an aromatic ring is 2. The summed E-state index contributed by atoms with van der Waals surface area (Å²) in [6.07, 6.45) is 1.45. The smallest absolute Gasteiger partial charge is 0.222 e. The zero-order valence-corrected chi connectivity index (χ0v) is 24.5. The van der Waals surface area contributed by atoms with Gasteiger partial charge in [0.1, 0.15) is 23.3 Å². The first-order chi connectivity index (χ1) is 14.7. The number of nitrogens with two attached hydrogens (primary N) is 2. The van der Waals surface area contributed by atoms with Gasteiger partial charge in [-0.15, -0.1) is 0 Å². The van der Waals surface area contributed by atoms with Gasteiger partial charge >= 0.3 is 0 Å². The Bertz CT molecular complexity index is 1110. The van der Waals surface area contributed by atoms with Gasteiger partial charge in [-0.2, -0.15) is 10.2 Å². The number of nitriles is 1. The van der Waals surface area contributed by atoms with Crippen molar-refractivity contribution in [1.82, 2.24) is 9.97 Å². The summed E-state index contributed by atoms with van der Waals surface area (Å²) in [5.41, 5.74) is 11.2. The molecule has 3 rings (SSSR count). The van der Waals surface area contributed by atoms with Gasteiger partial charge in [0.05, 0.1) is 24.0 Å². The Hall–Kier alpha value is -1.07. The summed E-state index contributed by atoms with van der Waals surface area (Å²) < 4.78 is 20.1. The molecule has 0 saturated carbocycles. The molecule has 0 aliphatic carbocycles. The summed E-state index contributed by atoms with van der Waals surface area (Å²) in [6.45, 7) is 0.107. The van der Waals surface area contributed by atoms with E-state index >= 15 is 0 Å². The minimum Gasteiger partial charge on any atom is -0.496 e. The first kappa shape index (κ1) is 26.2. The number of aromatic nitrogens is 2. The van der Waals surface area contributed by atoms with Crippen molar-refractivity contribution in [2.24, 2.45) is 0 Å². The minimum atomic E-state index is 0.107. The standard InChI is InChI=1S/C11H10I2N4O2.C8H5I2NO/c1-18-7-2-6(13)8(3-5(7)12)19-9-4-16-11(15)17-10(9)14;9-6-1-2-7(10)8(5-6)12-4-3-11/h2-4H,1H3,(H4,14,15,16,17);1-2,5H,4H2. The molecule has 1 aromatic heterocycles. The van der Waals surface area contributed by atoms with Crippen molar-refractivity contribution in [1.29, 1.82) is 5.26 Å². The third-order valence-electron chi connectivity index (χ3n) is 3.41. The van der Waals surface area contributed by atoms with Crippen LogP contribution in [0.15, 0.2) is 36.5 Å². The highest BCUT2D eigenvalue weighted by molar-refractivity contribution is 14.1. The summed E-state index contributed by atoms with van der Waals surface area (Å²) in [5, 5.41) is 8.31. The van der Waals surface area contributed by atoms with E-state index in [-0.39, 0.29) is 18.4 Å². The van der Waals surface area contributed by atoms with Gasteiger partial charge in [-0.05, 0) is 121 Å². The van der Waals surface area contributed by atoms with Crippen molar-refractivity contribution in [3.63, 3.8) is 0 Å². The number of rotatable bonds is 5. The number of methoxy groups -OCH3 is 1. The van der Waals surface area contributed by atoms with E-state index < -0.39 is 0 Å². The average Bonchev–Trinajstić information content (AvgIpc) is 2.73. The fourth-order valence-electron chi connectivity index (χ4n) is 2.04. The number of benzene rings is 2. The molecule has 0 aliphatic heterocycles. The van der Waals surface area contributed by atoms with E-state index in [1.54, 1.807) is 7.11 Å². The van der Waals surface area contributed by atoms with Crippen LogP contribution in [0, 0.1) is 25.6 Å². The van der Waals surface area contributed by atoms with E-state index in [0.29, 0.717) is 11.5 Å². The van der Waals surface area contributed by atoms with E-state index in [1.807, 2.05) is 36.4 Å². The fourth-order valence-corrected chi connectivity index (χ4v) is 4.20. The molecule has 0 spiro atoms. The molecule has 162 valence electrons. The van der Waals surface area contributed by atoms with Crippen LogP contribution in [0.25, 0.3) is 0 Å². The van der Waals surface area contributed by atoms with E-state index in [1.165, 1.54) is 6.20 Å². The van der Waals surface area contributed by atoms with Gasteiger partial charge in [-0.1, -0.05) is 0 Å². The zero-order valence-electron chi connectivity index (χ0n) is 15.9. The lowest BCUT2D eigenvalue weighted by atomic mass is 10.3. The molecule has 0 atom stereocenters. The lowest BCUT2D eigenvalue weighted by Crippen LogP contribution is -2.02. The number of ether oxygens (including phenoxy) is 3. The average molecular weight is 869 g/mol. The fraction of sp³-hybridized carbons (Fsp3) is 0.105. The Morgan fingerprint density at radius 2 is 1.61 bits per heavy atom. The molecule has 31 heavy (non-hydrogen) atoms. The van der Waals surface area contributed by atoms with E-state index in [0.717, 1.165) is 25.8 Å². The quantitative estimate of drug-likeness (QED) is 0.325. The number of hydrogen-bond donors (Lipinski definition) is 2. The minimum absolute atomic E-state index is 0.107. The van der Waals surface area contributed by atoms with Gasteiger partial charge in [0.2, 0.25) is 5.95 Å². The third kappa shape index (κ3) is 8.09. The van der Waals surface area contributed by atoms with Crippen molar-refractivity contribution in [2.45, 2.75) is 0 Å². The molecule has 0 fully saturated rings.